The summed E-state index contributed by atoms with van der Waals surface area (Å²) >= 11 is 18.1. The van der Waals surface area contributed by atoms with Crippen molar-refractivity contribution in [3.63, 3.8) is 0 Å². The molecule has 2 rings (SSSR count). The van der Waals surface area contributed by atoms with E-state index in [1.807, 2.05) is 51.1 Å². The first kappa shape index (κ1) is 18.9. The molecule has 0 saturated heterocycles. The molecule has 0 heterocycles. The SMILES string of the molecule is Cc1cccc(C(=O)N[C@H](Nc2ccc(C)cc2C)C(Cl)(Cl)Cl)c1. The van der Waals surface area contributed by atoms with Crippen LogP contribution >= 0.6 is 34.8 Å². The number of carbonyl (C=O) groups is 1. The molecule has 1 atom stereocenters. The first-order valence-corrected chi connectivity index (χ1v) is 8.58. The lowest BCUT2D eigenvalue weighted by atomic mass is 10.1. The zero-order valence-electron chi connectivity index (χ0n) is 13.7. The molecule has 0 aromatic heterocycles. The molecule has 2 N–H and O–H groups in total. The Labute approximate surface area is 157 Å². The van der Waals surface area contributed by atoms with Gasteiger partial charge in [0.2, 0.25) is 3.79 Å². The molecule has 0 aliphatic rings. The monoisotopic (exact) mass is 384 g/mol. The maximum Gasteiger partial charge on any atom is 0.252 e. The second kappa shape index (κ2) is 7.64. The Morgan fingerprint density at radius 2 is 1.67 bits per heavy atom. The van der Waals surface area contributed by atoms with E-state index >= 15 is 0 Å². The summed E-state index contributed by atoms with van der Waals surface area (Å²) in [6.45, 7) is 5.87. The number of amides is 1. The fourth-order valence-electron chi connectivity index (χ4n) is 2.33. The minimum absolute atomic E-state index is 0.313. The van der Waals surface area contributed by atoms with Gasteiger partial charge >= 0.3 is 0 Å². The van der Waals surface area contributed by atoms with E-state index in [0.717, 1.165) is 22.4 Å². The number of benzene rings is 2. The molecule has 1 amide bonds. The van der Waals surface area contributed by atoms with Crippen LogP contribution < -0.4 is 10.6 Å². The number of halogens is 3. The van der Waals surface area contributed by atoms with Gasteiger partial charge in [0.05, 0.1) is 0 Å². The Morgan fingerprint density at radius 3 is 2.25 bits per heavy atom. The standard InChI is InChI=1S/C18H19Cl3N2O/c1-11-5-4-6-14(10-11)16(24)23-17(18(19,20)21)22-15-8-7-12(2)9-13(15)3/h4-10,17,22H,1-3H3,(H,23,24)/t17-/m0/s1. The summed E-state index contributed by atoms with van der Waals surface area (Å²) in [7, 11) is 0. The quantitative estimate of drug-likeness (QED) is 0.564. The molecular weight excluding hydrogens is 367 g/mol. The number of alkyl halides is 3. The maximum atomic E-state index is 12.5. The topological polar surface area (TPSA) is 41.1 Å². The normalized spacial score (nSPS) is 12.6. The first-order chi connectivity index (χ1) is 11.2. The molecule has 6 heteroatoms. The third-order valence-electron chi connectivity index (χ3n) is 3.56. The molecule has 3 nitrogen and oxygen atoms in total. The highest BCUT2D eigenvalue weighted by molar-refractivity contribution is 6.68. The number of carbonyl (C=O) groups excluding carboxylic acids is 1. The number of rotatable bonds is 4. The molecular formula is C18H19Cl3N2O. The van der Waals surface area contributed by atoms with Crippen molar-refractivity contribution < 1.29 is 4.79 Å². The molecule has 0 spiro atoms. The average molecular weight is 386 g/mol. The zero-order valence-corrected chi connectivity index (χ0v) is 15.9. The van der Waals surface area contributed by atoms with Gasteiger partial charge in [-0.05, 0) is 44.5 Å². The molecule has 128 valence electrons. The molecule has 0 saturated carbocycles. The molecule has 24 heavy (non-hydrogen) atoms. The second-order valence-electron chi connectivity index (χ2n) is 5.78. The van der Waals surface area contributed by atoms with Crippen LogP contribution in [0.3, 0.4) is 0 Å². The van der Waals surface area contributed by atoms with Crippen LogP contribution in [-0.4, -0.2) is 15.9 Å². The van der Waals surface area contributed by atoms with Gasteiger partial charge in [0.25, 0.3) is 5.91 Å². The molecule has 0 aliphatic carbocycles. The summed E-state index contributed by atoms with van der Waals surface area (Å²) in [5, 5.41) is 5.85. The van der Waals surface area contributed by atoms with Crippen LogP contribution in [0.5, 0.6) is 0 Å². The van der Waals surface area contributed by atoms with Gasteiger partial charge in [-0.15, -0.1) is 0 Å². The average Bonchev–Trinajstić information content (AvgIpc) is 2.48. The maximum absolute atomic E-state index is 12.5. The minimum Gasteiger partial charge on any atom is -0.362 e. The third-order valence-corrected chi connectivity index (χ3v) is 4.22. The number of nitrogens with one attached hydrogen (secondary N) is 2. The van der Waals surface area contributed by atoms with Crippen LogP contribution in [-0.2, 0) is 0 Å². The lowest BCUT2D eigenvalue weighted by molar-refractivity contribution is 0.0941. The Balaban J connectivity index is 2.21. The summed E-state index contributed by atoms with van der Waals surface area (Å²) in [5.41, 5.74) is 4.42. The molecule has 0 fully saturated rings. The van der Waals surface area contributed by atoms with E-state index in [-0.39, 0.29) is 5.91 Å². The summed E-state index contributed by atoms with van der Waals surface area (Å²) in [6, 6.07) is 13.1. The van der Waals surface area contributed by atoms with E-state index in [1.54, 1.807) is 12.1 Å². The molecule has 2 aromatic rings. The highest BCUT2D eigenvalue weighted by atomic mass is 35.6. The molecule has 2 aromatic carbocycles. The van der Waals surface area contributed by atoms with E-state index < -0.39 is 9.96 Å². The van der Waals surface area contributed by atoms with E-state index in [9.17, 15) is 4.79 Å². The van der Waals surface area contributed by atoms with E-state index in [4.69, 9.17) is 34.8 Å². The predicted octanol–water partition coefficient (Wildman–Crippen LogP) is 5.15. The van der Waals surface area contributed by atoms with Crippen LogP contribution in [0.1, 0.15) is 27.0 Å². The first-order valence-electron chi connectivity index (χ1n) is 7.45. The van der Waals surface area contributed by atoms with E-state index in [1.165, 1.54) is 0 Å². The van der Waals surface area contributed by atoms with Gasteiger partial charge in [0.1, 0.15) is 6.17 Å². The van der Waals surface area contributed by atoms with Gasteiger partial charge in [-0.3, -0.25) is 4.79 Å². The van der Waals surface area contributed by atoms with Gasteiger partial charge in [-0.2, -0.15) is 0 Å². The van der Waals surface area contributed by atoms with Crippen LogP contribution in [0, 0.1) is 20.8 Å². The van der Waals surface area contributed by atoms with Crippen LogP contribution in [0.25, 0.3) is 0 Å². The Bertz CT molecular complexity index is 741. The summed E-state index contributed by atoms with van der Waals surface area (Å²) < 4.78 is -1.71. The Kier molecular flexibility index (Phi) is 6.02. The lowest BCUT2D eigenvalue weighted by Gasteiger charge is -2.28. The van der Waals surface area contributed by atoms with Crippen molar-refractivity contribution in [2.24, 2.45) is 0 Å². The summed E-state index contributed by atoms with van der Waals surface area (Å²) in [4.78, 5) is 12.5. The van der Waals surface area contributed by atoms with E-state index in [2.05, 4.69) is 10.6 Å². The lowest BCUT2D eigenvalue weighted by Crippen LogP contribution is -2.49. The van der Waals surface area contributed by atoms with Gasteiger partial charge in [0, 0.05) is 11.3 Å². The fourth-order valence-corrected chi connectivity index (χ4v) is 2.66. The van der Waals surface area contributed by atoms with Crippen LogP contribution in [0.15, 0.2) is 42.5 Å². The number of aryl methyl sites for hydroxylation is 3. The highest BCUT2D eigenvalue weighted by Gasteiger charge is 2.34. The molecule has 0 radical (unpaired) electrons. The Morgan fingerprint density at radius 1 is 1.00 bits per heavy atom. The Hall–Kier alpha value is -1.42. The van der Waals surface area contributed by atoms with E-state index in [0.29, 0.717) is 5.56 Å². The molecule has 0 bridgehead atoms. The fraction of sp³-hybridized carbons (Fsp3) is 0.278. The summed E-state index contributed by atoms with van der Waals surface area (Å²) in [6.07, 6.45) is -0.878. The summed E-state index contributed by atoms with van der Waals surface area (Å²) in [5.74, 6) is -0.313. The number of anilines is 1. The van der Waals surface area contributed by atoms with Crippen molar-refractivity contribution in [3.05, 3.63) is 64.7 Å². The highest BCUT2D eigenvalue weighted by Crippen LogP contribution is 2.32. The third kappa shape index (κ3) is 5.04. The second-order valence-corrected chi connectivity index (χ2v) is 8.15. The van der Waals surface area contributed by atoms with Gasteiger partial charge in [-0.25, -0.2) is 0 Å². The van der Waals surface area contributed by atoms with Gasteiger partial charge < -0.3 is 10.6 Å². The smallest absolute Gasteiger partial charge is 0.252 e. The molecule has 0 unspecified atom stereocenters. The minimum atomic E-state index is -1.71. The van der Waals surface area contributed by atoms with Crippen molar-refractivity contribution in [2.45, 2.75) is 30.7 Å². The van der Waals surface area contributed by atoms with Crippen molar-refractivity contribution in [1.82, 2.24) is 5.32 Å². The van der Waals surface area contributed by atoms with Crippen molar-refractivity contribution in [1.29, 1.82) is 0 Å². The molecule has 0 aliphatic heterocycles. The van der Waals surface area contributed by atoms with Crippen molar-refractivity contribution in [2.75, 3.05) is 5.32 Å². The largest absolute Gasteiger partial charge is 0.362 e. The predicted molar refractivity (Wildman–Crippen MR) is 102 cm³/mol. The van der Waals surface area contributed by atoms with Crippen LogP contribution in [0.2, 0.25) is 0 Å². The van der Waals surface area contributed by atoms with Gasteiger partial charge in [-0.1, -0.05) is 70.2 Å². The van der Waals surface area contributed by atoms with Gasteiger partial charge in [0.15, 0.2) is 0 Å². The number of hydrogen-bond acceptors (Lipinski definition) is 2. The van der Waals surface area contributed by atoms with Crippen molar-refractivity contribution in [3.8, 4) is 0 Å². The number of hydrogen-bond donors (Lipinski definition) is 2. The van der Waals surface area contributed by atoms with Crippen LogP contribution in [0.4, 0.5) is 5.69 Å². The van der Waals surface area contributed by atoms with Crippen molar-refractivity contribution >= 4 is 46.4 Å². The zero-order chi connectivity index (χ0) is 17.9.